The Morgan fingerprint density at radius 1 is 0.521 bits per heavy atom. The van der Waals surface area contributed by atoms with Crippen molar-refractivity contribution in [1.29, 1.82) is 0 Å². The number of ketones is 2. The van der Waals surface area contributed by atoms with Crippen molar-refractivity contribution in [2.24, 2.45) is 9.98 Å². The highest BCUT2D eigenvalue weighted by Gasteiger charge is 2.27. The predicted molar refractivity (Wildman–Crippen MR) is 195 cm³/mol. The van der Waals surface area contributed by atoms with E-state index in [1.807, 2.05) is 60.7 Å². The number of allylic oxidation sites excluding steroid dienone is 4. The van der Waals surface area contributed by atoms with Gasteiger partial charge in [-0.25, -0.2) is 0 Å². The Hall–Kier alpha value is -4.84. The number of nitrogens with zero attached hydrogens (tertiary/aromatic N) is 2. The standard InChI is InChI=1S/C42H44N2O4/c45-37-23-11-21-35(41(37)39(47)27-31-17-9-15-29-13-3-5-19-33(29)31)43-25-7-1-2-8-26-44-36-22-12-24-38(46)42(36)40(48)28-32-18-10-16-30-14-4-6-20-34(30)32/h3-6,9-10,13-20,47-48H,1-2,7-8,11-12,21-28H2. The number of hydrogen-bond acceptors (Lipinski definition) is 6. The van der Waals surface area contributed by atoms with Gasteiger partial charge in [0.15, 0.2) is 11.6 Å². The molecular weight excluding hydrogens is 596 g/mol. The highest BCUT2D eigenvalue weighted by molar-refractivity contribution is 6.25. The van der Waals surface area contributed by atoms with E-state index < -0.39 is 0 Å². The summed E-state index contributed by atoms with van der Waals surface area (Å²) in [6.45, 7) is 1.23. The first kappa shape index (κ1) is 33.1. The molecule has 0 unspecified atom stereocenters. The number of carbonyl (C=O) groups is 2. The van der Waals surface area contributed by atoms with Gasteiger partial charge in [0.05, 0.1) is 11.1 Å². The zero-order valence-corrected chi connectivity index (χ0v) is 27.6. The zero-order chi connectivity index (χ0) is 33.3. The quantitative estimate of drug-likeness (QED) is 0.0969. The fraction of sp³-hybridized carbons (Fsp3) is 0.333. The van der Waals surface area contributed by atoms with Crippen LogP contribution in [0.5, 0.6) is 0 Å². The molecule has 2 fully saturated rings. The lowest BCUT2D eigenvalue weighted by molar-refractivity contribution is -0.116. The summed E-state index contributed by atoms with van der Waals surface area (Å²) in [4.78, 5) is 35.4. The van der Waals surface area contributed by atoms with Crippen LogP contribution < -0.4 is 0 Å². The summed E-state index contributed by atoms with van der Waals surface area (Å²) >= 11 is 0. The van der Waals surface area contributed by atoms with Crippen molar-refractivity contribution in [3.63, 3.8) is 0 Å². The second-order valence-corrected chi connectivity index (χ2v) is 12.9. The van der Waals surface area contributed by atoms with Crippen LogP contribution in [0.15, 0.2) is 118 Å². The normalized spacial score (nSPS) is 19.4. The third-order valence-corrected chi connectivity index (χ3v) is 9.49. The van der Waals surface area contributed by atoms with Crippen molar-refractivity contribution >= 4 is 44.5 Å². The molecule has 0 radical (unpaired) electrons. The summed E-state index contributed by atoms with van der Waals surface area (Å²) < 4.78 is 0. The van der Waals surface area contributed by atoms with Crippen LogP contribution in [-0.2, 0) is 22.4 Å². The van der Waals surface area contributed by atoms with Gasteiger partial charge >= 0.3 is 0 Å². The molecule has 0 bridgehead atoms. The largest absolute Gasteiger partial charge is 0.511 e. The topological polar surface area (TPSA) is 99.3 Å². The number of Topliss-reactive ketones (excluding diaryl/α,β-unsaturated/α-hetero) is 2. The molecule has 0 heterocycles. The van der Waals surface area contributed by atoms with E-state index in [0.29, 0.717) is 62.8 Å². The van der Waals surface area contributed by atoms with Gasteiger partial charge in [-0.2, -0.15) is 0 Å². The maximum atomic E-state index is 12.9. The molecule has 4 aromatic carbocycles. The van der Waals surface area contributed by atoms with Gasteiger partial charge < -0.3 is 10.2 Å². The molecular formula is C42H44N2O4. The predicted octanol–water partition coefficient (Wildman–Crippen LogP) is 9.35. The SMILES string of the molecule is O=C1CCCC(=NCCCCCCN=C2CCCC(=O)C2=C(O)Cc2cccc3ccccc23)C1=C(O)Cc1cccc2ccccc12. The maximum Gasteiger partial charge on any atom is 0.168 e. The van der Waals surface area contributed by atoms with Gasteiger partial charge in [-0.05, 0) is 71.2 Å². The smallest absolute Gasteiger partial charge is 0.168 e. The third kappa shape index (κ3) is 7.82. The van der Waals surface area contributed by atoms with Crippen LogP contribution in [0.25, 0.3) is 21.5 Å². The Bertz CT molecular complexity index is 1800. The van der Waals surface area contributed by atoms with Gasteiger partial charge in [-0.3, -0.25) is 19.6 Å². The van der Waals surface area contributed by atoms with Crippen LogP contribution in [0.1, 0.15) is 75.3 Å². The Balaban J connectivity index is 1.03. The van der Waals surface area contributed by atoms with Gasteiger partial charge in [0.25, 0.3) is 0 Å². The van der Waals surface area contributed by atoms with Crippen LogP contribution in [0.3, 0.4) is 0 Å². The van der Waals surface area contributed by atoms with E-state index >= 15 is 0 Å². The summed E-state index contributed by atoms with van der Waals surface area (Å²) in [5.74, 6) is 0.197. The third-order valence-electron chi connectivity index (χ3n) is 9.49. The van der Waals surface area contributed by atoms with Crippen molar-refractivity contribution in [2.45, 2.75) is 77.0 Å². The molecule has 246 valence electrons. The highest BCUT2D eigenvalue weighted by Crippen LogP contribution is 2.27. The van der Waals surface area contributed by atoms with E-state index in [1.54, 1.807) is 0 Å². The van der Waals surface area contributed by atoms with E-state index in [1.165, 1.54) is 0 Å². The van der Waals surface area contributed by atoms with E-state index in [9.17, 15) is 19.8 Å². The van der Waals surface area contributed by atoms with Crippen molar-refractivity contribution in [3.8, 4) is 0 Å². The fourth-order valence-electron chi connectivity index (χ4n) is 7.06. The molecule has 0 aromatic heterocycles. The number of aliphatic imine (C=N–C) groups is 2. The Morgan fingerprint density at radius 3 is 1.40 bits per heavy atom. The van der Waals surface area contributed by atoms with Crippen LogP contribution >= 0.6 is 0 Å². The van der Waals surface area contributed by atoms with Crippen LogP contribution in [-0.4, -0.2) is 46.3 Å². The van der Waals surface area contributed by atoms with E-state index in [-0.39, 0.29) is 23.1 Å². The van der Waals surface area contributed by atoms with E-state index in [2.05, 4.69) is 24.3 Å². The Labute approximate surface area is 282 Å². The number of fused-ring (bicyclic) bond motifs is 2. The molecule has 0 spiro atoms. The summed E-state index contributed by atoms with van der Waals surface area (Å²) in [5, 5.41) is 26.7. The minimum Gasteiger partial charge on any atom is -0.511 e. The first-order valence-corrected chi connectivity index (χ1v) is 17.4. The lowest BCUT2D eigenvalue weighted by Crippen LogP contribution is -2.22. The first-order chi connectivity index (χ1) is 23.5. The number of aliphatic hydroxyl groups excluding tert-OH is 2. The van der Waals surface area contributed by atoms with Crippen LogP contribution in [0.4, 0.5) is 0 Å². The molecule has 0 atom stereocenters. The van der Waals surface area contributed by atoms with Crippen molar-refractivity contribution in [1.82, 2.24) is 0 Å². The number of benzene rings is 4. The summed E-state index contributed by atoms with van der Waals surface area (Å²) in [6.07, 6.45) is 8.19. The number of hydrogen-bond donors (Lipinski definition) is 2. The molecule has 2 aliphatic rings. The molecule has 2 saturated carbocycles. The van der Waals surface area contributed by atoms with Gasteiger partial charge in [0.1, 0.15) is 11.5 Å². The van der Waals surface area contributed by atoms with Crippen molar-refractivity contribution < 1.29 is 19.8 Å². The fourth-order valence-corrected chi connectivity index (χ4v) is 7.06. The number of aliphatic hydroxyl groups is 2. The van der Waals surface area contributed by atoms with Crippen molar-refractivity contribution in [3.05, 3.63) is 119 Å². The Kier molecular flexibility index (Phi) is 10.9. The lowest BCUT2D eigenvalue weighted by Gasteiger charge is -2.18. The molecule has 2 aliphatic carbocycles. The molecule has 6 nitrogen and oxygen atoms in total. The first-order valence-electron chi connectivity index (χ1n) is 17.4. The molecule has 48 heavy (non-hydrogen) atoms. The molecule has 0 amide bonds. The van der Waals surface area contributed by atoms with Gasteiger partial charge in [-0.1, -0.05) is 97.8 Å². The monoisotopic (exact) mass is 640 g/mol. The van der Waals surface area contributed by atoms with Gasteiger partial charge in [-0.15, -0.1) is 0 Å². The average Bonchev–Trinajstić information content (AvgIpc) is 3.09. The Morgan fingerprint density at radius 2 is 0.938 bits per heavy atom. The molecule has 6 rings (SSSR count). The molecule has 0 saturated heterocycles. The van der Waals surface area contributed by atoms with Crippen LogP contribution in [0, 0.1) is 0 Å². The molecule has 0 aliphatic heterocycles. The number of carbonyl (C=O) groups excluding carboxylic acids is 2. The van der Waals surface area contributed by atoms with Crippen molar-refractivity contribution in [2.75, 3.05) is 13.1 Å². The minimum atomic E-state index is -0.0189. The zero-order valence-electron chi connectivity index (χ0n) is 27.6. The average molecular weight is 641 g/mol. The molecule has 4 aromatic rings. The van der Waals surface area contributed by atoms with Gasteiger partial charge in [0, 0.05) is 50.2 Å². The second-order valence-electron chi connectivity index (χ2n) is 12.9. The summed E-state index contributed by atoms with van der Waals surface area (Å²) in [6, 6.07) is 28.3. The number of unbranched alkanes of at least 4 members (excludes halogenated alkanes) is 3. The summed E-state index contributed by atoms with van der Waals surface area (Å²) in [5.41, 5.74) is 4.30. The maximum absolute atomic E-state index is 12.9. The minimum absolute atomic E-state index is 0.0189. The molecule has 6 heteroatoms. The molecule has 2 N–H and O–H groups in total. The summed E-state index contributed by atoms with van der Waals surface area (Å²) in [7, 11) is 0. The van der Waals surface area contributed by atoms with Crippen LogP contribution in [0.2, 0.25) is 0 Å². The lowest BCUT2D eigenvalue weighted by atomic mass is 9.88. The van der Waals surface area contributed by atoms with Gasteiger partial charge in [0.2, 0.25) is 0 Å². The van der Waals surface area contributed by atoms with E-state index in [0.717, 1.165) is 82.6 Å². The second kappa shape index (κ2) is 15.8. The highest BCUT2D eigenvalue weighted by atomic mass is 16.3. The van der Waals surface area contributed by atoms with E-state index in [4.69, 9.17) is 9.98 Å². The number of rotatable bonds is 11.